The maximum Gasteiger partial charge on any atom is 0.0854 e. The van der Waals surface area contributed by atoms with Crippen LogP contribution < -0.4 is 0 Å². The Bertz CT molecular complexity index is 1090. The number of thiophene rings is 1. The number of nitrogens with zero attached hydrogens (tertiary/aromatic N) is 3. The molecule has 0 radical (unpaired) electrons. The number of hydrogen-bond acceptors (Lipinski definition) is 4. The van der Waals surface area contributed by atoms with Gasteiger partial charge in [-0.25, -0.2) is 4.98 Å². The van der Waals surface area contributed by atoms with Crippen molar-refractivity contribution in [2.75, 3.05) is 6.54 Å². The van der Waals surface area contributed by atoms with Crippen molar-refractivity contribution in [3.63, 3.8) is 0 Å². The van der Waals surface area contributed by atoms with Crippen LogP contribution in [0.25, 0.3) is 21.5 Å². The number of aryl methyl sites for hydroxylation is 1. The van der Waals surface area contributed by atoms with Crippen molar-refractivity contribution in [3.05, 3.63) is 83.0 Å². The van der Waals surface area contributed by atoms with E-state index in [0.29, 0.717) is 6.04 Å². The zero-order valence-corrected chi connectivity index (χ0v) is 16.8. The van der Waals surface area contributed by atoms with E-state index in [4.69, 9.17) is 4.98 Å². The summed E-state index contributed by atoms with van der Waals surface area (Å²) in [6, 6.07) is 19.7. The maximum absolute atomic E-state index is 5.13. The maximum atomic E-state index is 5.13. The van der Waals surface area contributed by atoms with Crippen molar-refractivity contribution in [2.45, 2.75) is 32.4 Å². The van der Waals surface area contributed by atoms with Gasteiger partial charge in [-0.1, -0.05) is 30.3 Å². The summed E-state index contributed by atoms with van der Waals surface area (Å²) in [4.78, 5) is 13.6. The van der Waals surface area contributed by atoms with E-state index in [2.05, 4.69) is 70.7 Å². The standard InChI is InChI=1S/C24H23N3S/c1-17-7-4-8-18-15-19(24(26-23(17)18)22-11-6-14-28-22)16-27-13-5-10-21(27)20-9-2-3-12-25-20/h2-4,6-9,11-12,14-15,21H,5,10,13,16H2,1H3/t21-/m0/s1. The molecule has 1 aromatic carbocycles. The molecule has 4 heteroatoms. The van der Waals surface area contributed by atoms with Crippen LogP contribution in [-0.4, -0.2) is 21.4 Å². The van der Waals surface area contributed by atoms with Crippen LogP contribution in [0.15, 0.2) is 66.2 Å². The monoisotopic (exact) mass is 385 g/mol. The van der Waals surface area contributed by atoms with Crippen LogP contribution in [0.4, 0.5) is 0 Å². The van der Waals surface area contributed by atoms with Gasteiger partial charge in [-0.2, -0.15) is 0 Å². The number of para-hydroxylation sites is 1. The third-order valence-corrected chi connectivity index (χ3v) is 6.52. The molecular weight excluding hydrogens is 362 g/mol. The Labute approximate surface area is 169 Å². The lowest BCUT2D eigenvalue weighted by Gasteiger charge is -2.25. The molecule has 0 bridgehead atoms. The van der Waals surface area contributed by atoms with E-state index in [0.717, 1.165) is 24.3 Å². The minimum atomic E-state index is 0.394. The van der Waals surface area contributed by atoms with Crippen molar-refractivity contribution in [1.82, 2.24) is 14.9 Å². The molecular formula is C24H23N3S. The van der Waals surface area contributed by atoms with Crippen LogP contribution in [0.3, 0.4) is 0 Å². The van der Waals surface area contributed by atoms with E-state index < -0.39 is 0 Å². The minimum absolute atomic E-state index is 0.394. The molecule has 3 aromatic heterocycles. The average Bonchev–Trinajstić information content (AvgIpc) is 3.41. The van der Waals surface area contributed by atoms with Crippen LogP contribution in [-0.2, 0) is 6.54 Å². The van der Waals surface area contributed by atoms with E-state index in [1.165, 1.54) is 39.9 Å². The Morgan fingerprint density at radius 3 is 2.89 bits per heavy atom. The zero-order chi connectivity index (χ0) is 18.9. The molecule has 28 heavy (non-hydrogen) atoms. The van der Waals surface area contributed by atoms with Gasteiger partial charge in [0.05, 0.1) is 27.8 Å². The van der Waals surface area contributed by atoms with Crippen molar-refractivity contribution >= 4 is 22.2 Å². The molecule has 5 rings (SSSR count). The number of likely N-dealkylation sites (tertiary alicyclic amines) is 1. The van der Waals surface area contributed by atoms with Crippen molar-refractivity contribution < 1.29 is 0 Å². The molecule has 0 unspecified atom stereocenters. The first kappa shape index (κ1) is 17.5. The summed E-state index contributed by atoms with van der Waals surface area (Å²) in [5.74, 6) is 0. The molecule has 1 saturated heterocycles. The fraction of sp³-hybridized carbons (Fsp3) is 0.250. The van der Waals surface area contributed by atoms with Gasteiger partial charge >= 0.3 is 0 Å². The number of hydrogen-bond donors (Lipinski definition) is 0. The van der Waals surface area contributed by atoms with Crippen LogP contribution >= 0.6 is 11.3 Å². The van der Waals surface area contributed by atoms with E-state index >= 15 is 0 Å². The third kappa shape index (κ3) is 3.23. The molecule has 1 atom stereocenters. The first-order valence-electron chi connectivity index (χ1n) is 9.88. The Balaban J connectivity index is 1.57. The van der Waals surface area contributed by atoms with Gasteiger partial charge < -0.3 is 0 Å². The average molecular weight is 386 g/mol. The van der Waals surface area contributed by atoms with Gasteiger partial charge in [0.25, 0.3) is 0 Å². The summed E-state index contributed by atoms with van der Waals surface area (Å²) >= 11 is 1.77. The normalized spacial score (nSPS) is 17.4. The first-order chi connectivity index (χ1) is 13.8. The van der Waals surface area contributed by atoms with E-state index in [-0.39, 0.29) is 0 Å². The summed E-state index contributed by atoms with van der Waals surface area (Å²) in [5, 5.41) is 3.36. The van der Waals surface area contributed by atoms with Crippen LogP contribution in [0.5, 0.6) is 0 Å². The van der Waals surface area contributed by atoms with Gasteiger partial charge in [0.1, 0.15) is 0 Å². The highest BCUT2D eigenvalue weighted by molar-refractivity contribution is 7.13. The van der Waals surface area contributed by atoms with Gasteiger partial charge in [-0.15, -0.1) is 11.3 Å². The summed E-state index contributed by atoms with van der Waals surface area (Å²) in [5.41, 5.74) is 5.96. The number of pyridine rings is 2. The van der Waals surface area contributed by atoms with Crippen molar-refractivity contribution in [3.8, 4) is 10.6 Å². The summed E-state index contributed by atoms with van der Waals surface area (Å²) in [7, 11) is 0. The van der Waals surface area contributed by atoms with Gasteiger partial charge in [-0.05, 0) is 67.1 Å². The number of fused-ring (bicyclic) bond motifs is 1. The summed E-state index contributed by atoms with van der Waals surface area (Å²) in [6.07, 6.45) is 4.30. The molecule has 0 spiro atoms. The molecule has 0 saturated carbocycles. The topological polar surface area (TPSA) is 29.0 Å². The zero-order valence-electron chi connectivity index (χ0n) is 16.0. The highest BCUT2D eigenvalue weighted by atomic mass is 32.1. The smallest absolute Gasteiger partial charge is 0.0854 e. The molecule has 0 aliphatic carbocycles. The highest BCUT2D eigenvalue weighted by Gasteiger charge is 2.28. The SMILES string of the molecule is Cc1cccc2cc(CN3CCC[C@H]3c3ccccn3)c(-c3cccs3)nc12. The van der Waals surface area contributed by atoms with Crippen molar-refractivity contribution in [2.24, 2.45) is 0 Å². The summed E-state index contributed by atoms with van der Waals surface area (Å²) in [6.45, 7) is 4.16. The lowest BCUT2D eigenvalue weighted by Crippen LogP contribution is -2.24. The largest absolute Gasteiger partial charge is 0.290 e. The molecule has 1 aliphatic rings. The third-order valence-electron chi connectivity index (χ3n) is 5.65. The van der Waals surface area contributed by atoms with E-state index in [9.17, 15) is 0 Å². The fourth-order valence-electron chi connectivity index (χ4n) is 4.28. The number of benzene rings is 1. The summed E-state index contributed by atoms with van der Waals surface area (Å²) < 4.78 is 0. The van der Waals surface area contributed by atoms with E-state index in [1.807, 2.05) is 12.3 Å². The van der Waals surface area contributed by atoms with Crippen molar-refractivity contribution in [1.29, 1.82) is 0 Å². The highest BCUT2D eigenvalue weighted by Crippen LogP contribution is 2.36. The molecule has 140 valence electrons. The van der Waals surface area contributed by atoms with Gasteiger partial charge in [0.2, 0.25) is 0 Å². The van der Waals surface area contributed by atoms with Gasteiger partial charge in [-0.3, -0.25) is 9.88 Å². The second-order valence-electron chi connectivity index (χ2n) is 7.50. The molecule has 4 heterocycles. The second kappa shape index (κ2) is 7.46. The van der Waals surface area contributed by atoms with Crippen LogP contribution in [0.2, 0.25) is 0 Å². The molecule has 0 N–H and O–H groups in total. The minimum Gasteiger partial charge on any atom is -0.290 e. The van der Waals surface area contributed by atoms with Gasteiger partial charge in [0.15, 0.2) is 0 Å². The molecule has 1 aliphatic heterocycles. The van der Waals surface area contributed by atoms with Gasteiger partial charge in [0, 0.05) is 18.1 Å². The lowest BCUT2D eigenvalue weighted by atomic mass is 10.0. The first-order valence-corrected chi connectivity index (χ1v) is 10.8. The Hall–Kier alpha value is -2.56. The quantitative estimate of drug-likeness (QED) is 0.431. The number of aromatic nitrogens is 2. The van der Waals surface area contributed by atoms with E-state index in [1.54, 1.807) is 11.3 Å². The Kier molecular flexibility index (Phi) is 4.67. The molecule has 3 nitrogen and oxygen atoms in total. The second-order valence-corrected chi connectivity index (χ2v) is 8.45. The predicted molar refractivity (Wildman–Crippen MR) is 116 cm³/mol. The molecule has 1 fully saturated rings. The van der Waals surface area contributed by atoms with Crippen LogP contribution in [0, 0.1) is 6.92 Å². The number of rotatable bonds is 4. The predicted octanol–water partition coefficient (Wildman–Crippen LogP) is 6.00. The Morgan fingerprint density at radius 2 is 2.07 bits per heavy atom. The fourth-order valence-corrected chi connectivity index (χ4v) is 5.03. The lowest BCUT2D eigenvalue weighted by molar-refractivity contribution is 0.244. The van der Waals surface area contributed by atoms with Crippen LogP contribution in [0.1, 0.15) is 35.7 Å². The molecule has 0 amide bonds. The Morgan fingerprint density at radius 1 is 1.11 bits per heavy atom. The molecule has 4 aromatic rings.